The summed E-state index contributed by atoms with van der Waals surface area (Å²) in [5, 5.41) is 4.24. The van der Waals surface area contributed by atoms with Crippen LogP contribution in [0.2, 0.25) is 5.02 Å². The summed E-state index contributed by atoms with van der Waals surface area (Å²) in [4.78, 5) is 28.5. The first kappa shape index (κ1) is 20.5. The minimum absolute atomic E-state index is 0.0156. The number of nitrogens with one attached hydrogen (secondary N) is 2. The number of carbonyl (C=O) groups excluding carboxylic acids is 2. The van der Waals surface area contributed by atoms with Crippen molar-refractivity contribution in [3.63, 3.8) is 0 Å². The van der Waals surface area contributed by atoms with Crippen LogP contribution < -0.4 is 15.4 Å². The summed E-state index contributed by atoms with van der Waals surface area (Å²) in [5.41, 5.74) is -0.262. The topological polar surface area (TPSA) is 80.3 Å². The molecule has 0 spiro atoms. The van der Waals surface area contributed by atoms with Gasteiger partial charge in [-0.1, -0.05) is 23.7 Å². The van der Waals surface area contributed by atoms with Gasteiger partial charge in [-0.3, -0.25) is 9.59 Å². The highest BCUT2D eigenvalue weighted by atomic mass is 35.5. The number of anilines is 1. The number of alkyl halides is 3. The van der Waals surface area contributed by atoms with Gasteiger partial charge in [-0.25, -0.2) is 4.98 Å². The Bertz CT molecular complexity index is 844. The van der Waals surface area contributed by atoms with Crippen molar-refractivity contribution >= 4 is 29.1 Å². The molecule has 0 saturated carbocycles. The van der Waals surface area contributed by atoms with Crippen molar-refractivity contribution in [2.24, 2.45) is 0 Å². The monoisotopic (exact) mass is 401 g/mol. The van der Waals surface area contributed by atoms with Gasteiger partial charge >= 0.3 is 6.18 Å². The van der Waals surface area contributed by atoms with Crippen molar-refractivity contribution in [3.8, 4) is 5.88 Å². The minimum Gasteiger partial charge on any atom is -0.478 e. The molecule has 0 bridgehead atoms. The molecule has 0 saturated heterocycles. The standard InChI is InChI=1S/C17H15ClF3N3O3/c1-2-27-13-8-7-11(18)14(24-13)16(26)23-12-6-4-3-5-10(12)15(25)22-9-17(19,20)21/h3-8H,2,9H2,1H3,(H,22,25)(H,23,26). The molecule has 0 aliphatic carbocycles. The maximum atomic E-state index is 12.5. The Kier molecular flexibility index (Phi) is 6.62. The lowest BCUT2D eigenvalue weighted by atomic mass is 10.1. The summed E-state index contributed by atoms with van der Waals surface area (Å²) in [6.07, 6.45) is -4.55. The van der Waals surface area contributed by atoms with Crippen molar-refractivity contribution < 1.29 is 27.5 Å². The molecule has 2 N–H and O–H groups in total. The van der Waals surface area contributed by atoms with E-state index >= 15 is 0 Å². The molecule has 2 amide bonds. The zero-order chi connectivity index (χ0) is 20.0. The molecule has 10 heteroatoms. The molecule has 0 atom stereocenters. The van der Waals surface area contributed by atoms with Crippen LogP contribution in [0, 0.1) is 0 Å². The molecule has 0 aliphatic rings. The smallest absolute Gasteiger partial charge is 0.405 e. The van der Waals surface area contributed by atoms with Crippen LogP contribution in [0.25, 0.3) is 0 Å². The average molecular weight is 402 g/mol. The molecule has 2 rings (SSSR count). The summed E-state index contributed by atoms with van der Waals surface area (Å²) < 4.78 is 42.1. The number of pyridine rings is 1. The van der Waals surface area contributed by atoms with Gasteiger partial charge in [-0.15, -0.1) is 0 Å². The van der Waals surface area contributed by atoms with Gasteiger partial charge in [-0.05, 0) is 25.1 Å². The van der Waals surface area contributed by atoms with Gasteiger partial charge in [0.2, 0.25) is 5.88 Å². The molecule has 0 fully saturated rings. The quantitative estimate of drug-likeness (QED) is 0.773. The number of hydrogen-bond acceptors (Lipinski definition) is 4. The molecule has 144 valence electrons. The van der Waals surface area contributed by atoms with E-state index in [1.807, 2.05) is 0 Å². The highest BCUT2D eigenvalue weighted by Gasteiger charge is 2.28. The van der Waals surface area contributed by atoms with Gasteiger partial charge in [0.25, 0.3) is 11.8 Å². The lowest BCUT2D eigenvalue weighted by molar-refractivity contribution is -0.123. The number of benzene rings is 1. The molecule has 1 heterocycles. The number of aromatic nitrogens is 1. The van der Waals surface area contributed by atoms with Gasteiger partial charge in [-0.2, -0.15) is 13.2 Å². The normalized spacial score (nSPS) is 11.0. The van der Waals surface area contributed by atoms with Crippen molar-refractivity contribution in [2.45, 2.75) is 13.1 Å². The Morgan fingerprint density at radius 2 is 1.85 bits per heavy atom. The number of nitrogens with zero attached hydrogens (tertiary/aromatic N) is 1. The largest absolute Gasteiger partial charge is 0.478 e. The molecule has 6 nitrogen and oxygen atoms in total. The molecule has 1 aromatic heterocycles. The second-order valence-corrected chi connectivity index (χ2v) is 5.62. The predicted octanol–water partition coefficient (Wildman–Crippen LogP) is 3.68. The Morgan fingerprint density at radius 3 is 2.52 bits per heavy atom. The van der Waals surface area contributed by atoms with Gasteiger partial charge in [0.1, 0.15) is 6.54 Å². The van der Waals surface area contributed by atoms with Crippen LogP contribution >= 0.6 is 11.6 Å². The maximum absolute atomic E-state index is 12.5. The third-order valence-corrected chi connectivity index (χ3v) is 3.50. The molecular weight excluding hydrogens is 387 g/mol. The fraction of sp³-hybridized carbons (Fsp3) is 0.235. The average Bonchev–Trinajstić information content (AvgIpc) is 2.61. The number of amides is 2. The Labute approximate surface area is 157 Å². The number of halogens is 4. The first-order valence-corrected chi connectivity index (χ1v) is 8.13. The van der Waals surface area contributed by atoms with Crippen LogP contribution in [-0.4, -0.2) is 36.1 Å². The number of hydrogen-bond donors (Lipinski definition) is 2. The van der Waals surface area contributed by atoms with Crippen molar-refractivity contribution in [1.29, 1.82) is 0 Å². The minimum atomic E-state index is -4.55. The Hall–Kier alpha value is -2.81. The molecule has 0 unspecified atom stereocenters. The SMILES string of the molecule is CCOc1ccc(Cl)c(C(=O)Nc2ccccc2C(=O)NCC(F)(F)F)n1. The fourth-order valence-corrected chi connectivity index (χ4v) is 2.25. The van der Waals surface area contributed by atoms with E-state index in [-0.39, 0.29) is 27.8 Å². The third kappa shape index (κ3) is 5.85. The van der Waals surface area contributed by atoms with Gasteiger partial charge in [0, 0.05) is 6.07 Å². The van der Waals surface area contributed by atoms with E-state index in [4.69, 9.17) is 16.3 Å². The lowest BCUT2D eigenvalue weighted by Crippen LogP contribution is -2.34. The molecule has 1 aromatic carbocycles. The second-order valence-electron chi connectivity index (χ2n) is 5.21. The van der Waals surface area contributed by atoms with E-state index < -0.39 is 24.5 Å². The fourth-order valence-electron chi connectivity index (χ4n) is 2.06. The highest BCUT2D eigenvalue weighted by molar-refractivity contribution is 6.34. The highest BCUT2D eigenvalue weighted by Crippen LogP contribution is 2.22. The van der Waals surface area contributed by atoms with E-state index in [2.05, 4.69) is 10.3 Å². The molecule has 0 aliphatic heterocycles. The van der Waals surface area contributed by atoms with E-state index in [1.54, 1.807) is 12.2 Å². The summed E-state index contributed by atoms with van der Waals surface area (Å²) in [5.74, 6) is -1.54. The third-order valence-electron chi connectivity index (χ3n) is 3.20. The van der Waals surface area contributed by atoms with Crippen molar-refractivity contribution in [1.82, 2.24) is 10.3 Å². The van der Waals surface area contributed by atoms with Gasteiger partial charge < -0.3 is 15.4 Å². The molecule has 0 radical (unpaired) electrons. The summed E-state index contributed by atoms with van der Waals surface area (Å²) in [6.45, 7) is 0.585. The molecule has 2 aromatic rings. The van der Waals surface area contributed by atoms with Crippen LogP contribution in [0.3, 0.4) is 0 Å². The predicted molar refractivity (Wildman–Crippen MR) is 93.2 cm³/mol. The van der Waals surface area contributed by atoms with Crippen molar-refractivity contribution in [3.05, 3.63) is 52.7 Å². The number of carbonyl (C=O) groups is 2. The molecular formula is C17H15ClF3N3O3. The van der Waals surface area contributed by atoms with E-state index in [9.17, 15) is 22.8 Å². The number of rotatable bonds is 6. The molecule has 27 heavy (non-hydrogen) atoms. The lowest BCUT2D eigenvalue weighted by Gasteiger charge is -2.13. The first-order valence-electron chi connectivity index (χ1n) is 7.76. The van der Waals surface area contributed by atoms with Crippen LogP contribution in [0.15, 0.2) is 36.4 Å². The summed E-state index contributed by atoms with van der Waals surface area (Å²) in [6, 6.07) is 8.55. The number of ether oxygens (including phenoxy) is 1. The Balaban J connectivity index is 2.22. The summed E-state index contributed by atoms with van der Waals surface area (Å²) >= 11 is 5.98. The van der Waals surface area contributed by atoms with E-state index in [0.29, 0.717) is 6.61 Å². The zero-order valence-electron chi connectivity index (χ0n) is 14.1. The zero-order valence-corrected chi connectivity index (χ0v) is 14.8. The Morgan fingerprint density at radius 1 is 1.15 bits per heavy atom. The van der Waals surface area contributed by atoms with Crippen molar-refractivity contribution in [2.75, 3.05) is 18.5 Å². The van der Waals surface area contributed by atoms with Crippen LogP contribution in [0.1, 0.15) is 27.8 Å². The van der Waals surface area contributed by atoms with Crippen LogP contribution in [0.5, 0.6) is 5.88 Å². The van der Waals surface area contributed by atoms with Gasteiger partial charge in [0.15, 0.2) is 5.69 Å². The second kappa shape index (κ2) is 8.72. The maximum Gasteiger partial charge on any atom is 0.405 e. The first-order chi connectivity index (χ1) is 12.7. The van der Waals surface area contributed by atoms with E-state index in [0.717, 1.165) is 0 Å². The summed E-state index contributed by atoms with van der Waals surface area (Å²) in [7, 11) is 0. The number of para-hydroxylation sites is 1. The van der Waals surface area contributed by atoms with E-state index in [1.165, 1.54) is 36.4 Å². The van der Waals surface area contributed by atoms with Crippen LogP contribution in [0.4, 0.5) is 18.9 Å². The van der Waals surface area contributed by atoms with Gasteiger partial charge in [0.05, 0.1) is 22.9 Å². The van der Waals surface area contributed by atoms with Crippen LogP contribution in [-0.2, 0) is 0 Å².